The summed E-state index contributed by atoms with van der Waals surface area (Å²) in [7, 11) is -4.85. The first-order chi connectivity index (χ1) is 6.87. The summed E-state index contributed by atoms with van der Waals surface area (Å²) >= 11 is 0. The van der Waals surface area contributed by atoms with Gasteiger partial charge in [0.2, 0.25) is 0 Å². The van der Waals surface area contributed by atoms with Crippen LogP contribution in [0, 0.1) is 10.1 Å². The second kappa shape index (κ2) is 7.16. The van der Waals surface area contributed by atoms with Gasteiger partial charge >= 0.3 is 61.4 Å². The molecule has 1 aromatic carbocycles. The Morgan fingerprint density at radius 1 is 1.24 bits per heavy atom. The third-order valence-electron chi connectivity index (χ3n) is 1.58. The maximum Gasteiger partial charge on any atom is 1.00 e. The minimum atomic E-state index is -4.85. The number of carbonyl (C=O) groups excluding carboxylic acids is 1. The third-order valence-corrected chi connectivity index (χ3v) is 2.89. The number of nitro groups is 1. The summed E-state index contributed by atoms with van der Waals surface area (Å²) < 4.78 is 20.6. The van der Waals surface area contributed by atoms with Gasteiger partial charge < -0.3 is 15.4 Å². The Morgan fingerprint density at radius 3 is 2.12 bits per heavy atom. The second-order valence-electron chi connectivity index (χ2n) is 2.48. The van der Waals surface area contributed by atoms with E-state index in [9.17, 15) is 28.4 Å². The van der Waals surface area contributed by atoms with Crippen molar-refractivity contribution in [3.05, 3.63) is 39.9 Å². The largest absolute Gasteiger partial charge is 1.00 e. The SMILES string of the molecule is O.O=C([O-])c1ccccc1S(=O)(=O)[N+](=O)[O-].[K+]. The Balaban J connectivity index is 0. The van der Waals surface area contributed by atoms with Crippen LogP contribution in [0.5, 0.6) is 0 Å². The van der Waals surface area contributed by atoms with E-state index < -0.39 is 30.8 Å². The topological polar surface area (TPSA) is 149 Å². The molecule has 0 saturated heterocycles. The van der Waals surface area contributed by atoms with Crippen molar-refractivity contribution in [1.29, 1.82) is 0 Å². The maximum atomic E-state index is 11.1. The van der Waals surface area contributed by atoms with Crippen LogP contribution in [0.2, 0.25) is 0 Å². The standard InChI is InChI=1S/C7H5NO6S.K.H2O/c9-7(10)5-3-1-2-4-6(5)15(13,14)8(11)12;;/h1-4H,(H,9,10);;1H2/q;+1;/p-1. The van der Waals surface area contributed by atoms with Gasteiger partial charge in [0.25, 0.3) is 0 Å². The minimum absolute atomic E-state index is 0. The molecular formula is C7H6KNO7S. The average Bonchev–Trinajstić information content (AvgIpc) is 2.17. The van der Waals surface area contributed by atoms with E-state index in [0.717, 1.165) is 12.1 Å². The normalized spacial score (nSPS) is 9.65. The van der Waals surface area contributed by atoms with Crippen LogP contribution in [0.15, 0.2) is 29.2 Å². The number of hydrogen-bond acceptors (Lipinski definition) is 6. The molecule has 0 aliphatic heterocycles. The molecule has 88 valence electrons. The van der Waals surface area contributed by atoms with E-state index in [0.29, 0.717) is 0 Å². The van der Waals surface area contributed by atoms with Crippen LogP contribution in [0.1, 0.15) is 10.4 Å². The van der Waals surface area contributed by atoms with E-state index >= 15 is 0 Å². The molecule has 0 heterocycles. The van der Waals surface area contributed by atoms with Crippen molar-refractivity contribution in [2.45, 2.75) is 4.90 Å². The molecule has 17 heavy (non-hydrogen) atoms. The Labute approximate surface area is 139 Å². The number of hydrogen-bond donors (Lipinski definition) is 0. The van der Waals surface area contributed by atoms with Crippen LogP contribution in [0.25, 0.3) is 0 Å². The molecular weight excluding hydrogens is 281 g/mol. The first-order valence-electron chi connectivity index (χ1n) is 3.57. The van der Waals surface area contributed by atoms with Crippen LogP contribution >= 0.6 is 0 Å². The van der Waals surface area contributed by atoms with Crippen molar-refractivity contribution in [1.82, 2.24) is 0 Å². The number of rotatable bonds is 3. The Kier molecular flexibility index (Phi) is 7.99. The van der Waals surface area contributed by atoms with Gasteiger partial charge in [-0.05, 0) is 6.07 Å². The summed E-state index contributed by atoms with van der Waals surface area (Å²) in [6.45, 7) is 0. The molecule has 0 radical (unpaired) electrons. The molecule has 1 aromatic rings. The minimum Gasteiger partial charge on any atom is -0.545 e. The van der Waals surface area contributed by atoms with E-state index in [1.807, 2.05) is 0 Å². The van der Waals surface area contributed by atoms with Gasteiger partial charge in [0.05, 0.1) is 5.97 Å². The molecule has 0 unspecified atom stereocenters. The maximum absolute atomic E-state index is 11.1. The number of carbonyl (C=O) groups is 1. The van der Waals surface area contributed by atoms with Gasteiger partial charge in [-0.3, -0.25) is 0 Å². The van der Waals surface area contributed by atoms with Gasteiger partial charge in [0, 0.05) is 5.56 Å². The third kappa shape index (κ3) is 4.10. The number of aromatic carboxylic acids is 1. The number of benzene rings is 1. The van der Waals surface area contributed by atoms with Crippen molar-refractivity contribution in [3.63, 3.8) is 0 Å². The Morgan fingerprint density at radius 2 is 1.71 bits per heavy atom. The van der Waals surface area contributed by atoms with E-state index in [2.05, 4.69) is 0 Å². The fourth-order valence-corrected chi connectivity index (χ4v) is 1.78. The molecule has 0 atom stereocenters. The number of nitrogens with zero attached hydrogens (tertiary/aromatic N) is 1. The zero-order valence-corrected chi connectivity index (χ0v) is 12.6. The smallest absolute Gasteiger partial charge is 0.545 e. The van der Waals surface area contributed by atoms with Crippen molar-refractivity contribution in [2.75, 3.05) is 0 Å². The zero-order valence-electron chi connectivity index (χ0n) is 8.61. The molecule has 0 aromatic heterocycles. The molecule has 0 spiro atoms. The van der Waals surface area contributed by atoms with Crippen molar-refractivity contribution >= 4 is 16.0 Å². The predicted octanol–water partition coefficient (Wildman–Crippen LogP) is -4.81. The van der Waals surface area contributed by atoms with Crippen LogP contribution < -0.4 is 56.5 Å². The van der Waals surface area contributed by atoms with Gasteiger partial charge in [-0.1, -0.05) is 18.2 Å². The molecule has 2 N–H and O–H groups in total. The molecule has 8 nitrogen and oxygen atoms in total. The molecule has 0 fully saturated rings. The van der Waals surface area contributed by atoms with Crippen molar-refractivity contribution < 1.29 is 79.5 Å². The molecule has 1 rings (SSSR count). The van der Waals surface area contributed by atoms with Gasteiger partial charge in [-0.25, -0.2) is 10.1 Å². The van der Waals surface area contributed by atoms with Gasteiger partial charge in [-0.15, -0.1) is 0 Å². The summed E-state index contributed by atoms with van der Waals surface area (Å²) in [4.78, 5) is 19.8. The van der Waals surface area contributed by atoms with E-state index in [4.69, 9.17) is 0 Å². The van der Waals surface area contributed by atoms with Gasteiger partial charge in [-0.2, -0.15) is 8.42 Å². The molecule has 0 bridgehead atoms. The summed E-state index contributed by atoms with van der Waals surface area (Å²) in [6.07, 6.45) is 0. The van der Waals surface area contributed by atoms with Crippen LogP contribution in [-0.2, 0) is 10.0 Å². The molecule has 0 aliphatic carbocycles. The second-order valence-corrected chi connectivity index (χ2v) is 4.17. The number of carboxylic acids is 1. The Hall–Kier alpha value is -0.364. The number of sulfonamides is 1. The first kappa shape index (κ1) is 19.0. The van der Waals surface area contributed by atoms with Crippen LogP contribution in [0.3, 0.4) is 0 Å². The predicted molar refractivity (Wildman–Crippen MR) is 48.6 cm³/mol. The summed E-state index contributed by atoms with van der Waals surface area (Å²) in [6, 6.07) is 4.18. The fourth-order valence-electron chi connectivity index (χ4n) is 0.941. The fraction of sp³-hybridized carbons (Fsp3) is 0. The summed E-state index contributed by atoms with van der Waals surface area (Å²) in [5.41, 5.74) is -0.728. The van der Waals surface area contributed by atoms with Gasteiger partial charge in [0.15, 0.2) is 4.33 Å². The molecule has 0 aliphatic rings. The van der Waals surface area contributed by atoms with E-state index in [-0.39, 0.29) is 56.9 Å². The first-order valence-corrected chi connectivity index (χ1v) is 5.01. The summed E-state index contributed by atoms with van der Waals surface area (Å²) in [5, 5.41) is 20.7. The van der Waals surface area contributed by atoms with Crippen molar-refractivity contribution in [3.8, 4) is 0 Å². The molecule has 0 saturated carbocycles. The monoisotopic (exact) mass is 287 g/mol. The summed E-state index contributed by atoms with van der Waals surface area (Å²) in [5.74, 6) is -1.78. The Bertz CT molecular complexity index is 527. The average molecular weight is 287 g/mol. The van der Waals surface area contributed by atoms with Crippen LogP contribution in [-0.4, -0.2) is 24.2 Å². The molecule has 10 heteroatoms. The zero-order chi connectivity index (χ0) is 11.6. The van der Waals surface area contributed by atoms with Crippen LogP contribution in [0.4, 0.5) is 0 Å². The van der Waals surface area contributed by atoms with Gasteiger partial charge in [0.1, 0.15) is 4.90 Å². The molecule has 0 amide bonds. The quantitative estimate of drug-likeness (QED) is 0.309. The van der Waals surface area contributed by atoms with Crippen molar-refractivity contribution in [2.24, 2.45) is 0 Å². The van der Waals surface area contributed by atoms with E-state index in [1.165, 1.54) is 12.1 Å². The number of carboxylic acid groups (broad SMARTS) is 1. The van der Waals surface area contributed by atoms with E-state index in [1.54, 1.807) is 0 Å².